The van der Waals surface area contributed by atoms with Crippen LogP contribution in [0.3, 0.4) is 0 Å². The molecule has 0 fully saturated rings. The smallest absolute Gasteiger partial charge is 0.165 e. The van der Waals surface area contributed by atoms with Crippen molar-refractivity contribution in [2.75, 3.05) is 0 Å². The van der Waals surface area contributed by atoms with E-state index in [4.69, 9.17) is 19.4 Å². The minimum absolute atomic E-state index is 0.628. The van der Waals surface area contributed by atoms with E-state index in [0.29, 0.717) is 17.5 Å². The van der Waals surface area contributed by atoms with E-state index in [2.05, 4.69) is 127 Å². The molecule has 0 amide bonds. The molecule has 0 aliphatic carbocycles. The Bertz CT molecular complexity index is 2830. The van der Waals surface area contributed by atoms with E-state index in [9.17, 15) is 0 Å². The third-order valence-corrected chi connectivity index (χ3v) is 10.1. The largest absolute Gasteiger partial charge is 0.456 e. The van der Waals surface area contributed by atoms with Crippen molar-refractivity contribution in [3.63, 3.8) is 0 Å². The summed E-state index contributed by atoms with van der Waals surface area (Å²) in [5.41, 5.74) is 4.58. The summed E-state index contributed by atoms with van der Waals surface area (Å²) in [6.07, 6.45) is 0. The van der Waals surface area contributed by atoms with Gasteiger partial charge >= 0.3 is 0 Å². The maximum Gasteiger partial charge on any atom is 0.165 e. The van der Waals surface area contributed by atoms with Crippen LogP contribution in [0, 0.1) is 0 Å². The predicted octanol–water partition coefficient (Wildman–Crippen LogP) is 11.4. The Balaban J connectivity index is 1.22. The van der Waals surface area contributed by atoms with Gasteiger partial charge in [-0.1, -0.05) is 91.0 Å². The highest BCUT2D eigenvalue weighted by atomic mass is 32.1. The fraction of sp³-hybridized carbons (Fsp3) is 0. The van der Waals surface area contributed by atoms with E-state index >= 15 is 0 Å². The molecule has 0 bridgehead atoms. The summed E-state index contributed by atoms with van der Waals surface area (Å²) in [5, 5.41) is 9.25. The summed E-state index contributed by atoms with van der Waals surface area (Å²) in [7, 11) is 0. The molecule has 46 heavy (non-hydrogen) atoms. The highest BCUT2D eigenvalue weighted by Crippen LogP contribution is 2.40. The van der Waals surface area contributed by atoms with Gasteiger partial charge in [0.1, 0.15) is 11.2 Å². The standard InChI is InChI=1S/C41H23N3OS/c1-2-9-25-20-28(17-16-24(25)8-1)39-42-40(44-41(43-39)32-14-7-13-31-30-12-5-6-15-37(30)46-38(31)32)29-18-19-35-33(22-29)34-21-26-10-3-4-11-27(26)23-36(34)45-35/h1-23H. The van der Waals surface area contributed by atoms with Crippen LogP contribution in [0.25, 0.3) is 97.8 Å². The van der Waals surface area contributed by atoms with Crippen LogP contribution in [-0.2, 0) is 0 Å². The molecule has 0 saturated heterocycles. The van der Waals surface area contributed by atoms with Crippen LogP contribution in [0.2, 0.25) is 0 Å². The molecule has 10 rings (SSSR count). The lowest BCUT2D eigenvalue weighted by atomic mass is 10.0. The van der Waals surface area contributed by atoms with Gasteiger partial charge in [-0.2, -0.15) is 0 Å². The first-order chi connectivity index (χ1) is 22.7. The minimum atomic E-state index is 0.628. The Hall–Kier alpha value is -5.91. The third kappa shape index (κ3) is 3.96. The number of hydrogen-bond donors (Lipinski definition) is 0. The lowest BCUT2D eigenvalue weighted by molar-refractivity contribution is 0.669. The molecule has 0 N–H and O–H groups in total. The van der Waals surface area contributed by atoms with Gasteiger partial charge in [0.15, 0.2) is 17.5 Å². The molecule has 5 heteroatoms. The van der Waals surface area contributed by atoms with Crippen LogP contribution >= 0.6 is 11.3 Å². The second kappa shape index (κ2) is 9.80. The van der Waals surface area contributed by atoms with Crippen LogP contribution in [0.5, 0.6) is 0 Å². The molecule has 0 radical (unpaired) electrons. The van der Waals surface area contributed by atoms with E-state index in [1.165, 1.54) is 30.9 Å². The van der Waals surface area contributed by atoms with E-state index < -0.39 is 0 Å². The Labute approximate surface area is 267 Å². The maximum atomic E-state index is 6.30. The number of aromatic nitrogens is 3. The Kier molecular flexibility index (Phi) is 5.41. The molecule has 214 valence electrons. The average Bonchev–Trinajstić information content (AvgIpc) is 3.67. The monoisotopic (exact) mass is 605 g/mol. The van der Waals surface area contributed by atoms with E-state index in [0.717, 1.165) is 49.4 Å². The predicted molar refractivity (Wildman–Crippen MR) is 191 cm³/mol. The van der Waals surface area contributed by atoms with Gasteiger partial charge in [0.2, 0.25) is 0 Å². The van der Waals surface area contributed by atoms with Gasteiger partial charge in [-0.05, 0) is 70.1 Å². The highest BCUT2D eigenvalue weighted by Gasteiger charge is 2.18. The van der Waals surface area contributed by atoms with Gasteiger partial charge in [0, 0.05) is 47.6 Å². The summed E-state index contributed by atoms with van der Waals surface area (Å²) in [4.78, 5) is 15.4. The van der Waals surface area contributed by atoms with Gasteiger partial charge in [0.05, 0.1) is 0 Å². The normalized spacial score (nSPS) is 11.9. The lowest BCUT2D eigenvalue weighted by Crippen LogP contribution is -2.00. The first-order valence-corrected chi connectivity index (χ1v) is 16.1. The fourth-order valence-corrected chi connectivity index (χ4v) is 7.82. The number of rotatable bonds is 3. The van der Waals surface area contributed by atoms with Crippen LogP contribution in [0.1, 0.15) is 0 Å². The first-order valence-electron chi connectivity index (χ1n) is 15.3. The molecule has 0 spiro atoms. The molecule has 0 aliphatic rings. The van der Waals surface area contributed by atoms with E-state index in [1.807, 2.05) is 12.1 Å². The number of hydrogen-bond acceptors (Lipinski definition) is 5. The van der Waals surface area contributed by atoms with Crippen LogP contribution in [0.4, 0.5) is 0 Å². The quantitative estimate of drug-likeness (QED) is 0.201. The minimum Gasteiger partial charge on any atom is -0.456 e. The summed E-state index contributed by atoms with van der Waals surface area (Å²) in [6, 6.07) is 48.7. The van der Waals surface area contributed by atoms with Crippen molar-refractivity contribution in [1.82, 2.24) is 15.0 Å². The SMILES string of the molecule is c1ccc2cc(-c3nc(-c4ccc5oc6cc7ccccc7cc6c5c4)nc(-c4cccc5c4sc4ccccc45)n3)ccc2c1. The van der Waals surface area contributed by atoms with Crippen molar-refractivity contribution in [3.8, 4) is 34.2 Å². The molecule has 3 aromatic heterocycles. The van der Waals surface area contributed by atoms with Gasteiger partial charge in [-0.15, -0.1) is 11.3 Å². The lowest BCUT2D eigenvalue weighted by Gasteiger charge is -2.10. The second-order valence-corrected chi connectivity index (χ2v) is 12.7. The van der Waals surface area contributed by atoms with E-state index in [-0.39, 0.29) is 0 Å². The first kappa shape index (κ1) is 25.4. The number of thiophene rings is 1. The molecule has 0 unspecified atom stereocenters. The zero-order chi connectivity index (χ0) is 30.2. The van der Waals surface area contributed by atoms with Crippen LogP contribution in [0.15, 0.2) is 144 Å². The zero-order valence-corrected chi connectivity index (χ0v) is 25.3. The molecule has 0 atom stereocenters. The van der Waals surface area contributed by atoms with Crippen molar-refractivity contribution in [2.24, 2.45) is 0 Å². The Morgan fingerprint density at radius 1 is 0.413 bits per heavy atom. The summed E-state index contributed by atoms with van der Waals surface area (Å²) in [5.74, 6) is 1.93. The Morgan fingerprint density at radius 2 is 1.04 bits per heavy atom. The second-order valence-electron chi connectivity index (χ2n) is 11.7. The molecule has 7 aromatic carbocycles. The topological polar surface area (TPSA) is 51.8 Å². The molecule has 0 saturated carbocycles. The van der Waals surface area contributed by atoms with Gasteiger partial charge in [0.25, 0.3) is 0 Å². The summed E-state index contributed by atoms with van der Waals surface area (Å²) < 4.78 is 8.73. The van der Waals surface area contributed by atoms with Crippen LogP contribution in [-0.4, -0.2) is 15.0 Å². The molecule has 10 aromatic rings. The molecular weight excluding hydrogens is 583 g/mol. The molecule has 0 aliphatic heterocycles. The van der Waals surface area contributed by atoms with Crippen molar-refractivity contribution in [2.45, 2.75) is 0 Å². The number of furan rings is 1. The molecular formula is C41H23N3OS. The van der Waals surface area contributed by atoms with Gasteiger partial charge in [-0.25, -0.2) is 15.0 Å². The van der Waals surface area contributed by atoms with E-state index in [1.54, 1.807) is 11.3 Å². The molecule has 4 nitrogen and oxygen atoms in total. The van der Waals surface area contributed by atoms with Crippen molar-refractivity contribution < 1.29 is 4.42 Å². The summed E-state index contributed by atoms with van der Waals surface area (Å²) >= 11 is 1.78. The van der Waals surface area contributed by atoms with Crippen molar-refractivity contribution in [1.29, 1.82) is 0 Å². The fourth-order valence-electron chi connectivity index (χ4n) is 6.61. The maximum absolute atomic E-state index is 6.30. The molecule has 3 heterocycles. The summed E-state index contributed by atoms with van der Waals surface area (Å²) in [6.45, 7) is 0. The number of fused-ring (bicyclic) bond motifs is 8. The van der Waals surface area contributed by atoms with Crippen LogP contribution < -0.4 is 0 Å². The Morgan fingerprint density at radius 3 is 1.89 bits per heavy atom. The van der Waals surface area contributed by atoms with Crippen molar-refractivity contribution >= 4 is 75.0 Å². The number of nitrogens with zero attached hydrogens (tertiary/aromatic N) is 3. The third-order valence-electron chi connectivity index (χ3n) is 8.88. The average molecular weight is 606 g/mol. The van der Waals surface area contributed by atoms with Crippen molar-refractivity contribution in [3.05, 3.63) is 140 Å². The zero-order valence-electron chi connectivity index (χ0n) is 24.4. The highest BCUT2D eigenvalue weighted by molar-refractivity contribution is 7.26. The number of benzene rings is 7. The van der Waals surface area contributed by atoms with Gasteiger partial charge < -0.3 is 4.42 Å². The van der Waals surface area contributed by atoms with Gasteiger partial charge in [-0.3, -0.25) is 0 Å².